The maximum atomic E-state index is 4.86. The minimum atomic E-state index is 0. The summed E-state index contributed by atoms with van der Waals surface area (Å²) in [6.07, 6.45) is 6.77. The van der Waals surface area contributed by atoms with Crippen LogP contribution in [0.15, 0.2) is 45.9 Å². The van der Waals surface area contributed by atoms with Gasteiger partial charge in [0.25, 0.3) is 0 Å². The molecule has 0 saturated carbocycles. The van der Waals surface area contributed by atoms with Crippen molar-refractivity contribution in [2.24, 2.45) is 4.99 Å². The van der Waals surface area contributed by atoms with Crippen molar-refractivity contribution in [2.75, 3.05) is 39.3 Å². The van der Waals surface area contributed by atoms with Crippen LogP contribution in [0.3, 0.4) is 0 Å². The third-order valence-corrected chi connectivity index (χ3v) is 5.26. The molecular formula is C19H28BrIN4. The predicted molar refractivity (Wildman–Crippen MR) is 120 cm³/mol. The van der Waals surface area contributed by atoms with Crippen LogP contribution < -0.4 is 5.32 Å². The van der Waals surface area contributed by atoms with Gasteiger partial charge in [-0.15, -0.1) is 24.0 Å². The van der Waals surface area contributed by atoms with Crippen LogP contribution in [0.25, 0.3) is 0 Å². The lowest BCUT2D eigenvalue weighted by atomic mass is 10.2. The van der Waals surface area contributed by atoms with Gasteiger partial charge in [0.05, 0.1) is 0 Å². The molecule has 1 aromatic rings. The van der Waals surface area contributed by atoms with Gasteiger partial charge in [0, 0.05) is 49.8 Å². The van der Waals surface area contributed by atoms with Crippen molar-refractivity contribution in [2.45, 2.75) is 25.8 Å². The van der Waals surface area contributed by atoms with Crippen LogP contribution in [-0.4, -0.2) is 61.1 Å². The lowest BCUT2D eigenvalue weighted by Gasteiger charge is -2.25. The lowest BCUT2D eigenvalue weighted by molar-refractivity contribution is 0.259. The third-order valence-electron chi connectivity index (χ3n) is 4.74. The van der Waals surface area contributed by atoms with E-state index in [4.69, 9.17) is 4.99 Å². The van der Waals surface area contributed by atoms with Crippen LogP contribution in [-0.2, 0) is 6.42 Å². The molecule has 138 valence electrons. The van der Waals surface area contributed by atoms with Crippen LogP contribution in [0.5, 0.6) is 0 Å². The smallest absolute Gasteiger partial charge is 0.193 e. The zero-order valence-electron chi connectivity index (χ0n) is 14.8. The number of guanidine groups is 1. The number of aliphatic imine (C=N–C) groups is 1. The second-order valence-electron chi connectivity index (χ2n) is 6.43. The minimum absolute atomic E-state index is 0. The number of halogens is 2. The van der Waals surface area contributed by atoms with Crippen molar-refractivity contribution in [3.05, 3.63) is 46.5 Å². The van der Waals surface area contributed by atoms with E-state index in [0.717, 1.165) is 56.1 Å². The van der Waals surface area contributed by atoms with Gasteiger partial charge in [0.1, 0.15) is 0 Å². The number of hydrogen-bond acceptors (Lipinski definition) is 2. The molecule has 0 amide bonds. The number of likely N-dealkylation sites (tertiary alicyclic amines) is 1. The van der Waals surface area contributed by atoms with Crippen molar-refractivity contribution in [3.8, 4) is 0 Å². The number of rotatable bonds is 5. The average molecular weight is 519 g/mol. The summed E-state index contributed by atoms with van der Waals surface area (Å²) in [5.41, 5.74) is 1.33. The second kappa shape index (κ2) is 10.5. The molecule has 1 unspecified atom stereocenters. The molecule has 2 heterocycles. The van der Waals surface area contributed by atoms with Gasteiger partial charge in [-0.1, -0.05) is 40.2 Å². The Kier molecular flexibility index (Phi) is 8.72. The van der Waals surface area contributed by atoms with Gasteiger partial charge < -0.3 is 10.2 Å². The summed E-state index contributed by atoms with van der Waals surface area (Å²) in [5.74, 6) is 1.07. The standard InChI is InChI=1S/C19H27BrN4.HI/c1-2-21-19(22-11-9-16-5-7-17(20)8-6-16)24-14-10-18(15-24)23-12-3-4-13-23;/h3-8,18H,2,9-15H2,1H3,(H,21,22);1H. The molecule has 1 atom stereocenters. The number of hydrogen-bond donors (Lipinski definition) is 1. The summed E-state index contributed by atoms with van der Waals surface area (Å²) in [6, 6.07) is 9.19. The molecule has 0 bridgehead atoms. The van der Waals surface area contributed by atoms with Gasteiger partial charge in [0.15, 0.2) is 5.96 Å². The Morgan fingerprint density at radius 1 is 1.24 bits per heavy atom. The van der Waals surface area contributed by atoms with E-state index in [9.17, 15) is 0 Å². The molecule has 3 rings (SSSR count). The van der Waals surface area contributed by atoms with Gasteiger partial charge >= 0.3 is 0 Å². The first kappa shape index (κ1) is 20.7. The number of nitrogens with one attached hydrogen (secondary N) is 1. The summed E-state index contributed by atoms with van der Waals surface area (Å²) >= 11 is 3.48. The predicted octanol–water partition coefficient (Wildman–Crippen LogP) is 3.52. The molecule has 0 spiro atoms. The van der Waals surface area contributed by atoms with Crippen molar-refractivity contribution in [1.29, 1.82) is 0 Å². The van der Waals surface area contributed by atoms with Crippen molar-refractivity contribution < 1.29 is 0 Å². The fourth-order valence-electron chi connectivity index (χ4n) is 3.39. The van der Waals surface area contributed by atoms with Crippen molar-refractivity contribution >= 4 is 45.9 Å². The molecule has 25 heavy (non-hydrogen) atoms. The first-order valence-electron chi connectivity index (χ1n) is 8.93. The molecule has 4 nitrogen and oxygen atoms in total. The van der Waals surface area contributed by atoms with Crippen LogP contribution in [0, 0.1) is 0 Å². The molecule has 0 aromatic heterocycles. The first-order chi connectivity index (χ1) is 11.8. The molecule has 0 radical (unpaired) electrons. The summed E-state index contributed by atoms with van der Waals surface area (Å²) in [6.45, 7) is 8.30. The quantitative estimate of drug-likeness (QED) is 0.280. The Morgan fingerprint density at radius 3 is 2.64 bits per heavy atom. The normalized spacial score (nSPS) is 20.8. The molecule has 6 heteroatoms. The molecule has 1 fully saturated rings. The molecular weight excluding hydrogens is 491 g/mol. The highest BCUT2D eigenvalue weighted by Gasteiger charge is 2.29. The maximum Gasteiger partial charge on any atom is 0.193 e. The van der Waals surface area contributed by atoms with Gasteiger partial charge in [-0.25, -0.2) is 0 Å². The van der Waals surface area contributed by atoms with Crippen LogP contribution >= 0.6 is 39.9 Å². The van der Waals surface area contributed by atoms with Crippen LogP contribution in [0.4, 0.5) is 0 Å². The SMILES string of the molecule is CCNC(=NCCc1ccc(Br)cc1)N1CCC(N2CC=CC2)C1.I. The van der Waals surface area contributed by atoms with E-state index in [-0.39, 0.29) is 24.0 Å². The summed E-state index contributed by atoms with van der Waals surface area (Å²) in [7, 11) is 0. The number of benzene rings is 1. The molecule has 0 aliphatic carbocycles. The molecule has 1 aromatic carbocycles. The van der Waals surface area contributed by atoms with Gasteiger partial charge in [-0.2, -0.15) is 0 Å². The number of nitrogens with zero attached hydrogens (tertiary/aromatic N) is 3. The van der Waals surface area contributed by atoms with E-state index in [0.29, 0.717) is 6.04 Å². The van der Waals surface area contributed by atoms with Gasteiger partial charge in [-0.3, -0.25) is 9.89 Å². The summed E-state index contributed by atoms with van der Waals surface area (Å²) in [4.78, 5) is 9.85. The molecule has 2 aliphatic rings. The Balaban J connectivity index is 0.00000225. The Bertz CT molecular complexity index is 580. The molecule has 2 aliphatic heterocycles. The van der Waals surface area contributed by atoms with E-state index in [1.165, 1.54) is 12.0 Å². The van der Waals surface area contributed by atoms with Crippen molar-refractivity contribution in [3.63, 3.8) is 0 Å². The highest BCUT2D eigenvalue weighted by molar-refractivity contribution is 14.0. The van der Waals surface area contributed by atoms with Crippen LogP contribution in [0.1, 0.15) is 18.9 Å². The molecule has 1 N–H and O–H groups in total. The van der Waals surface area contributed by atoms with E-state index in [1.807, 2.05) is 0 Å². The molecule has 1 saturated heterocycles. The monoisotopic (exact) mass is 518 g/mol. The summed E-state index contributed by atoms with van der Waals surface area (Å²) in [5, 5.41) is 3.47. The fourth-order valence-corrected chi connectivity index (χ4v) is 3.66. The largest absolute Gasteiger partial charge is 0.357 e. The average Bonchev–Trinajstić information content (AvgIpc) is 3.27. The summed E-state index contributed by atoms with van der Waals surface area (Å²) < 4.78 is 1.13. The fraction of sp³-hybridized carbons (Fsp3) is 0.526. The first-order valence-corrected chi connectivity index (χ1v) is 9.72. The Hall–Kier alpha value is -0.600. The Labute approximate surface area is 176 Å². The second-order valence-corrected chi connectivity index (χ2v) is 7.34. The van der Waals surface area contributed by atoms with E-state index < -0.39 is 0 Å². The minimum Gasteiger partial charge on any atom is -0.357 e. The van der Waals surface area contributed by atoms with E-state index in [2.05, 4.69) is 74.4 Å². The van der Waals surface area contributed by atoms with Gasteiger partial charge in [-0.05, 0) is 37.5 Å². The van der Waals surface area contributed by atoms with Crippen LogP contribution in [0.2, 0.25) is 0 Å². The highest BCUT2D eigenvalue weighted by Crippen LogP contribution is 2.18. The van der Waals surface area contributed by atoms with Gasteiger partial charge in [0.2, 0.25) is 0 Å². The van der Waals surface area contributed by atoms with E-state index in [1.54, 1.807) is 0 Å². The van der Waals surface area contributed by atoms with Crippen molar-refractivity contribution in [1.82, 2.24) is 15.1 Å². The zero-order chi connectivity index (χ0) is 16.8. The lowest BCUT2D eigenvalue weighted by Crippen LogP contribution is -2.43. The third kappa shape index (κ3) is 5.96. The maximum absolute atomic E-state index is 4.86. The Morgan fingerprint density at radius 2 is 1.96 bits per heavy atom. The topological polar surface area (TPSA) is 30.9 Å². The van der Waals surface area contributed by atoms with E-state index >= 15 is 0 Å². The highest BCUT2D eigenvalue weighted by atomic mass is 127. The zero-order valence-corrected chi connectivity index (χ0v) is 18.7.